The summed E-state index contributed by atoms with van der Waals surface area (Å²) < 4.78 is 3.05. The van der Waals surface area contributed by atoms with Crippen LogP contribution in [0.15, 0.2) is 9.95 Å². The second kappa shape index (κ2) is 3.80. The lowest BCUT2D eigenvalue weighted by molar-refractivity contribution is 0.618. The van der Waals surface area contributed by atoms with Gasteiger partial charge in [0.15, 0.2) is 5.16 Å². The Hall–Kier alpha value is -0.710. The van der Waals surface area contributed by atoms with Crippen molar-refractivity contribution in [3.8, 4) is 0 Å². The summed E-state index contributed by atoms with van der Waals surface area (Å²) in [5.41, 5.74) is -0.0338. The standard InChI is InChI=1S/C7H13N3OS/c1-4-10-7(11)9(3)6(8-10)12-5-2/h4-5H2,1-3H3. The van der Waals surface area contributed by atoms with E-state index in [1.54, 1.807) is 23.4 Å². The molecule has 0 aliphatic rings. The maximum absolute atomic E-state index is 11.3. The molecule has 12 heavy (non-hydrogen) atoms. The summed E-state index contributed by atoms with van der Waals surface area (Å²) in [6.45, 7) is 4.59. The average Bonchev–Trinajstić information content (AvgIpc) is 2.33. The van der Waals surface area contributed by atoms with Crippen molar-refractivity contribution in [2.75, 3.05) is 5.75 Å². The first-order valence-electron chi connectivity index (χ1n) is 3.97. The molecule has 1 heterocycles. The molecule has 0 saturated carbocycles. The molecule has 1 aromatic heterocycles. The molecule has 68 valence electrons. The molecular formula is C7H13N3OS. The van der Waals surface area contributed by atoms with Crippen molar-refractivity contribution in [1.29, 1.82) is 0 Å². The van der Waals surface area contributed by atoms with Gasteiger partial charge >= 0.3 is 5.69 Å². The van der Waals surface area contributed by atoms with Crippen molar-refractivity contribution in [3.05, 3.63) is 10.5 Å². The van der Waals surface area contributed by atoms with E-state index in [2.05, 4.69) is 5.10 Å². The molecule has 1 aromatic rings. The zero-order chi connectivity index (χ0) is 9.14. The Kier molecular flexibility index (Phi) is 2.97. The summed E-state index contributed by atoms with van der Waals surface area (Å²) in [6, 6.07) is 0. The van der Waals surface area contributed by atoms with E-state index in [1.807, 2.05) is 13.8 Å². The first-order valence-corrected chi connectivity index (χ1v) is 4.95. The summed E-state index contributed by atoms with van der Waals surface area (Å²) in [5, 5.41) is 4.94. The molecule has 0 amide bonds. The highest BCUT2D eigenvalue weighted by molar-refractivity contribution is 7.99. The number of hydrogen-bond acceptors (Lipinski definition) is 3. The van der Waals surface area contributed by atoms with Gasteiger partial charge in [0.05, 0.1) is 0 Å². The van der Waals surface area contributed by atoms with Crippen LogP contribution in [0.1, 0.15) is 13.8 Å². The lowest BCUT2D eigenvalue weighted by Gasteiger charge is -1.92. The first kappa shape index (κ1) is 9.38. The predicted molar refractivity (Wildman–Crippen MR) is 49.5 cm³/mol. The lowest BCUT2D eigenvalue weighted by atomic mass is 10.8. The van der Waals surface area contributed by atoms with Gasteiger partial charge in [-0.1, -0.05) is 18.7 Å². The van der Waals surface area contributed by atoms with Gasteiger partial charge in [-0.15, -0.1) is 5.10 Å². The molecule has 0 N–H and O–H groups in total. The third-order valence-electron chi connectivity index (χ3n) is 1.57. The topological polar surface area (TPSA) is 39.8 Å². The summed E-state index contributed by atoms with van der Waals surface area (Å²) in [4.78, 5) is 11.3. The van der Waals surface area contributed by atoms with Crippen LogP contribution in [0.5, 0.6) is 0 Å². The lowest BCUT2D eigenvalue weighted by Crippen LogP contribution is -2.22. The van der Waals surface area contributed by atoms with Gasteiger partial charge in [0.25, 0.3) is 0 Å². The van der Waals surface area contributed by atoms with Crippen LogP contribution in [0, 0.1) is 0 Å². The minimum absolute atomic E-state index is 0.0338. The van der Waals surface area contributed by atoms with Gasteiger partial charge in [0.2, 0.25) is 0 Å². The van der Waals surface area contributed by atoms with E-state index in [-0.39, 0.29) is 5.69 Å². The Labute approximate surface area is 75.6 Å². The number of aromatic nitrogens is 3. The molecule has 0 aliphatic heterocycles. The summed E-state index contributed by atoms with van der Waals surface area (Å²) in [7, 11) is 1.75. The highest BCUT2D eigenvalue weighted by Gasteiger charge is 2.07. The highest BCUT2D eigenvalue weighted by atomic mass is 32.2. The minimum Gasteiger partial charge on any atom is -0.273 e. The Bertz CT molecular complexity index is 315. The van der Waals surface area contributed by atoms with Crippen molar-refractivity contribution in [2.45, 2.75) is 25.5 Å². The van der Waals surface area contributed by atoms with E-state index < -0.39 is 0 Å². The van der Waals surface area contributed by atoms with Gasteiger partial charge in [-0.3, -0.25) is 4.57 Å². The molecule has 0 saturated heterocycles. The largest absolute Gasteiger partial charge is 0.346 e. The molecule has 0 unspecified atom stereocenters. The second-order valence-corrected chi connectivity index (χ2v) is 3.60. The Balaban J connectivity index is 3.07. The molecule has 0 atom stereocenters. The monoisotopic (exact) mass is 187 g/mol. The Morgan fingerprint density at radius 3 is 2.58 bits per heavy atom. The van der Waals surface area contributed by atoms with E-state index in [0.717, 1.165) is 10.9 Å². The van der Waals surface area contributed by atoms with E-state index in [1.165, 1.54) is 4.68 Å². The van der Waals surface area contributed by atoms with E-state index in [9.17, 15) is 4.79 Å². The predicted octanol–water partition coefficient (Wildman–Crippen LogP) is 0.714. The van der Waals surface area contributed by atoms with Crippen molar-refractivity contribution in [2.24, 2.45) is 7.05 Å². The second-order valence-electron chi connectivity index (χ2n) is 2.37. The summed E-state index contributed by atoms with van der Waals surface area (Å²) >= 11 is 1.58. The van der Waals surface area contributed by atoms with E-state index in [4.69, 9.17) is 0 Å². The van der Waals surface area contributed by atoms with Gasteiger partial charge in [-0.25, -0.2) is 9.48 Å². The van der Waals surface area contributed by atoms with Crippen molar-refractivity contribution in [1.82, 2.24) is 14.3 Å². The highest BCUT2D eigenvalue weighted by Crippen LogP contribution is 2.10. The fourth-order valence-corrected chi connectivity index (χ4v) is 1.62. The van der Waals surface area contributed by atoms with Gasteiger partial charge in [-0.05, 0) is 12.7 Å². The van der Waals surface area contributed by atoms with Crippen molar-refractivity contribution >= 4 is 11.8 Å². The maximum Gasteiger partial charge on any atom is 0.346 e. The first-order chi connectivity index (χ1) is 5.70. The van der Waals surface area contributed by atoms with Crippen LogP contribution >= 0.6 is 11.8 Å². The molecule has 0 aliphatic carbocycles. The fraction of sp³-hybridized carbons (Fsp3) is 0.714. The molecule has 0 fully saturated rings. The van der Waals surface area contributed by atoms with Crippen LogP contribution in [0.2, 0.25) is 0 Å². The Morgan fingerprint density at radius 2 is 2.17 bits per heavy atom. The van der Waals surface area contributed by atoms with Gasteiger partial charge in [-0.2, -0.15) is 0 Å². The van der Waals surface area contributed by atoms with Gasteiger partial charge < -0.3 is 0 Å². The molecule has 1 rings (SSSR count). The van der Waals surface area contributed by atoms with Crippen LogP contribution in [0.3, 0.4) is 0 Å². The molecule has 0 radical (unpaired) electrons. The zero-order valence-electron chi connectivity index (χ0n) is 7.57. The van der Waals surface area contributed by atoms with Crippen LogP contribution < -0.4 is 5.69 Å². The fourth-order valence-electron chi connectivity index (χ4n) is 0.929. The van der Waals surface area contributed by atoms with E-state index in [0.29, 0.717) is 6.54 Å². The molecule has 0 bridgehead atoms. The maximum atomic E-state index is 11.3. The molecule has 0 spiro atoms. The minimum atomic E-state index is -0.0338. The number of nitrogens with zero attached hydrogens (tertiary/aromatic N) is 3. The zero-order valence-corrected chi connectivity index (χ0v) is 8.39. The van der Waals surface area contributed by atoms with Gasteiger partial charge in [0.1, 0.15) is 0 Å². The number of thioether (sulfide) groups is 1. The quantitative estimate of drug-likeness (QED) is 0.654. The number of rotatable bonds is 3. The molecule has 0 aromatic carbocycles. The van der Waals surface area contributed by atoms with Crippen LogP contribution in [0.4, 0.5) is 0 Å². The van der Waals surface area contributed by atoms with Crippen molar-refractivity contribution in [3.63, 3.8) is 0 Å². The average molecular weight is 187 g/mol. The normalized spacial score (nSPS) is 10.6. The Morgan fingerprint density at radius 1 is 1.50 bits per heavy atom. The third kappa shape index (κ3) is 1.55. The summed E-state index contributed by atoms with van der Waals surface area (Å²) in [5.74, 6) is 0.938. The van der Waals surface area contributed by atoms with Gasteiger partial charge in [0, 0.05) is 13.6 Å². The van der Waals surface area contributed by atoms with Crippen molar-refractivity contribution < 1.29 is 0 Å². The van der Waals surface area contributed by atoms with Crippen LogP contribution in [-0.2, 0) is 13.6 Å². The third-order valence-corrected chi connectivity index (χ3v) is 2.48. The van der Waals surface area contributed by atoms with Crippen LogP contribution in [0.25, 0.3) is 0 Å². The number of aryl methyl sites for hydroxylation is 1. The number of hydrogen-bond donors (Lipinski definition) is 0. The van der Waals surface area contributed by atoms with Crippen LogP contribution in [-0.4, -0.2) is 20.1 Å². The van der Waals surface area contributed by atoms with E-state index >= 15 is 0 Å². The summed E-state index contributed by atoms with van der Waals surface area (Å²) in [6.07, 6.45) is 0. The SMILES string of the molecule is CCSc1nn(CC)c(=O)n1C. The molecule has 4 nitrogen and oxygen atoms in total. The molecule has 5 heteroatoms. The smallest absolute Gasteiger partial charge is 0.273 e. The molecular weight excluding hydrogens is 174 g/mol.